The van der Waals surface area contributed by atoms with Gasteiger partial charge in [-0.15, -0.1) is 0 Å². The van der Waals surface area contributed by atoms with Gasteiger partial charge in [0, 0.05) is 10.0 Å². The van der Waals surface area contributed by atoms with Gasteiger partial charge in [0.25, 0.3) is 5.56 Å². The third-order valence-electron chi connectivity index (χ3n) is 7.68. The number of methoxy groups -OCH3 is 3. The number of hydrogen-bond donors (Lipinski definition) is 0. The van der Waals surface area contributed by atoms with E-state index in [9.17, 15) is 14.4 Å². The molecule has 0 fully saturated rings. The minimum absolute atomic E-state index is 0.147. The average molecular weight is 752 g/mol. The zero-order valence-electron chi connectivity index (χ0n) is 27.8. The summed E-state index contributed by atoms with van der Waals surface area (Å²) in [6.45, 7) is 5.80. The molecule has 13 heteroatoms. The molecule has 0 spiro atoms. The van der Waals surface area contributed by atoms with Crippen molar-refractivity contribution in [2.75, 3.05) is 34.5 Å². The van der Waals surface area contributed by atoms with Crippen LogP contribution in [0.1, 0.15) is 53.9 Å². The molecule has 1 aromatic heterocycles. The third kappa shape index (κ3) is 7.27. The molecule has 49 heavy (non-hydrogen) atoms. The number of allylic oxidation sites excluding steroid dienone is 1. The number of aromatic nitrogens is 1. The summed E-state index contributed by atoms with van der Waals surface area (Å²) in [7, 11) is 4.58. The van der Waals surface area contributed by atoms with Crippen LogP contribution < -0.4 is 33.8 Å². The zero-order chi connectivity index (χ0) is 35.2. The summed E-state index contributed by atoms with van der Waals surface area (Å²) in [6, 6.07) is 14.9. The van der Waals surface area contributed by atoms with Crippen molar-refractivity contribution in [2.45, 2.75) is 33.4 Å². The second-order valence-corrected chi connectivity index (χ2v) is 12.5. The first kappa shape index (κ1) is 35.4. The summed E-state index contributed by atoms with van der Waals surface area (Å²) >= 11 is 4.81. The molecule has 3 aromatic carbocycles. The van der Waals surface area contributed by atoms with E-state index in [0.29, 0.717) is 65.8 Å². The Balaban J connectivity index is 1.61. The molecule has 11 nitrogen and oxygen atoms in total. The highest BCUT2D eigenvalue weighted by atomic mass is 79.9. The van der Waals surface area contributed by atoms with Crippen LogP contribution in [-0.2, 0) is 20.9 Å². The first-order chi connectivity index (χ1) is 23.6. The van der Waals surface area contributed by atoms with Crippen molar-refractivity contribution in [3.8, 4) is 23.0 Å². The molecule has 0 bridgehead atoms. The lowest BCUT2D eigenvalue weighted by molar-refractivity contribution is -0.139. The van der Waals surface area contributed by atoms with Gasteiger partial charge in [0.05, 0.1) is 62.0 Å². The molecule has 256 valence electrons. The number of esters is 2. The minimum Gasteiger partial charge on any atom is -0.493 e. The highest BCUT2D eigenvalue weighted by molar-refractivity contribution is 9.10. The third-order valence-corrected chi connectivity index (χ3v) is 9.35. The number of thiazole rings is 1. The molecule has 5 rings (SSSR count). The number of carbonyl (C=O) groups excluding carboxylic acids is 2. The van der Waals surface area contributed by atoms with Crippen molar-refractivity contribution in [3.63, 3.8) is 0 Å². The maximum absolute atomic E-state index is 14.3. The second-order valence-electron chi connectivity index (χ2n) is 10.6. The molecule has 0 saturated heterocycles. The number of halogens is 1. The Hall–Kier alpha value is -4.88. The first-order valence-electron chi connectivity index (χ1n) is 15.3. The number of hydrogen-bond acceptors (Lipinski definition) is 11. The first-order valence-corrected chi connectivity index (χ1v) is 16.9. The van der Waals surface area contributed by atoms with Crippen LogP contribution in [0, 0.1) is 0 Å². The molecule has 0 unspecified atom stereocenters. The summed E-state index contributed by atoms with van der Waals surface area (Å²) in [5.74, 6) is 0.821. The van der Waals surface area contributed by atoms with Gasteiger partial charge in [-0.05, 0) is 68.3 Å². The van der Waals surface area contributed by atoms with Gasteiger partial charge in [-0.2, -0.15) is 0 Å². The molecular formula is C36H35BrN2O9S. The predicted molar refractivity (Wildman–Crippen MR) is 187 cm³/mol. The maximum Gasteiger partial charge on any atom is 0.338 e. The van der Waals surface area contributed by atoms with E-state index in [-0.39, 0.29) is 24.3 Å². The van der Waals surface area contributed by atoms with Crippen LogP contribution in [-0.4, -0.2) is 51.0 Å². The molecule has 2 heterocycles. The van der Waals surface area contributed by atoms with Crippen LogP contribution in [0.4, 0.5) is 0 Å². The van der Waals surface area contributed by atoms with Gasteiger partial charge in [0.1, 0.15) is 6.61 Å². The Morgan fingerprint density at radius 2 is 1.57 bits per heavy atom. The second kappa shape index (κ2) is 15.6. The summed E-state index contributed by atoms with van der Waals surface area (Å²) < 4.78 is 35.9. The Kier molecular flexibility index (Phi) is 11.2. The number of fused-ring (bicyclic) bond motifs is 1. The molecular weight excluding hydrogens is 716 g/mol. The SMILES string of the molecule is CCOC(=O)C1=C(C)N=c2s/c(=C\c3cccc(OC)c3OCc3ccc(C(=O)OCC)cc3)c(=O)n2[C@@H]1c1cc(OC)c(OC)cc1Br. The van der Waals surface area contributed by atoms with Gasteiger partial charge in [-0.1, -0.05) is 51.5 Å². The average Bonchev–Trinajstić information content (AvgIpc) is 3.40. The van der Waals surface area contributed by atoms with E-state index < -0.39 is 18.0 Å². The van der Waals surface area contributed by atoms with Gasteiger partial charge < -0.3 is 28.4 Å². The van der Waals surface area contributed by atoms with E-state index >= 15 is 0 Å². The molecule has 1 aliphatic rings. The lowest BCUT2D eigenvalue weighted by atomic mass is 9.95. The number of benzene rings is 3. The highest BCUT2D eigenvalue weighted by Gasteiger charge is 2.35. The summed E-state index contributed by atoms with van der Waals surface area (Å²) in [5.41, 5.74) is 2.73. The van der Waals surface area contributed by atoms with Crippen LogP contribution in [0.25, 0.3) is 6.08 Å². The molecule has 0 saturated carbocycles. The topological polar surface area (TPSA) is 124 Å². The standard InChI is InChI=1S/C36H35BrN2O9S/c1-7-46-34(41)22-14-12-21(13-15-22)19-48-32-23(10-9-11-26(32)43-4)16-29-33(40)39-31(24-17-27(44-5)28(45-6)18-25(24)37)30(35(42)47-8-2)20(3)38-36(39)49-29/h9-18,31H,7-8,19H2,1-6H3/b29-16-/t31-/m1/s1. The predicted octanol–water partition coefficient (Wildman–Crippen LogP) is 5.34. The number of nitrogens with zero attached hydrogens (tertiary/aromatic N) is 2. The van der Waals surface area contributed by atoms with Gasteiger partial charge in [0.2, 0.25) is 0 Å². The van der Waals surface area contributed by atoms with Crippen LogP contribution in [0.2, 0.25) is 0 Å². The van der Waals surface area contributed by atoms with Crippen molar-refractivity contribution in [3.05, 3.63) is 112 Å². The number of para-hydroxylation sites is 1. The van der Waals surface area contributed by atoms with Crippen molar-refractivity contribution in [2.24, 2.45) is 4.99 Å². The van der Waals surface area contributed by atoms with E-state index in [1.54, 1.807) is 75.4 Å². The Morgan fingerprint density at radius 3 is 2.22 bits per heavy atom. The minimum atomic E-state index is -0.884. The van der Waals surface area contributed by atoms with Crippen molar-refractivity contribution >= 4 is 45.3 Å². The molecule has 1 aliphatic heterocycles. The number of ether oxygens (including phenoxy) is 6. The Morgan fingerprint density at radius 1 is 0.918 bits per heavy atom. The van der Waals surface area contributed by atoms with Crippen LogP contribution >= 0.6 is 27.3 Å². The van der Waals surface area contributed by atoms with Gasteiger partial charge >= 0.3 is 11.9 Å². The van der Waals surface area contributed by atoms with Crippen molar-refractivity contribution in [1.29, 1.82) is 0 Å². The van der Waals surface area contributed by atoms with E-state index in [1.165, 1.54) is 37.2 Å². The smallest absolute Gasteiger partial charge is 0.338 e. The molecule has 0 amide bonds. The normalized spacial score (nSPS) is 14.1. The lowest BCUT2D eigenvalue weighted by Crippen LogP contribution is -2.40. The molecule has 4 aromatic rings. The Bertz CT molecular complexity index is 2100. The van der Waals surface area contributed by atoms with Gasteiger partial charge in [0.15, 0.2) is 27.8 Å². The molecule has 0 radical (unpaired) electrons. The van der Waals surface area contributed by atoms with Crippen molar-refractivity contribution in [1.82, 2.24) is 4.57 Å². The lowest BCUT2D eigenvalue weighted by Gasteiger charge is -2.26. The van der Waals surface area contributed by atoms with E-state index in [1.807, 2.05) is 6.07 Å². The van der Waals surface area contributed by atoms with Gasteiger partial charge in [-0.3, -0.25) is 9.36 Å². The summed E-state index contributed by atoms with van der Waals surface area (Å²) in [6.07, 6.45) is 1.72. The summed E-state index contributed by atoms with van der Waals surface area (Å²) in [4.78, 5) is 44.9. The monoisotopic (exact) mass is 750 g/mol. The molecule has 1 atom stereocenters. The molecule has 0 aliphatic carbocycles. The fraction of sp³-hybridized carbons (Fsp3) is 0.278. The van der Waals surface area contributed by atoms with Crippen LogP contribution in [0.5, 0.6) is 23.0 Å². The largest absolute Gasteiger partial charge is 0.493 e. The molecule has 0 N–H and O–H groups in total. The fourth-order valence-corrected chi connectivity index (χ4v) is 6.95. The van der Waals surface area contributed by atoms with E-state index in [0.717, 1.165) is 5.56 Å². The Labute approximate surface area is 295 Å². The van der Waals surface area contributed by atoms with Gasteiger partial charge in [-0.25, -0.2) is 14.6 Å². The number of carbonyl (C=O) groups is 2. The quantitative estimate of drug-likeness (QED) is 0.177. The zero-order valence-corrected chi connectivity index (χ0v) is 30.2. The maximum atomic E-state index is 14.3. The van der Waals surface area contributed by atoms with Crippen LogP contribution in [0.15, 0.2) is 80.1 Å². The summed E-state index contributed by atoms with van der Waals surface area (Å²) in [5, 5.41) is 0. The number of rotatable bonds is 12. The highest BCUT2D eigenvalue weighted by Crippen LogP contribution is 2.41. The van der Waals surface area contributed by atoms with E-state index in [2.05, 4.69) is 20.9 Å². The fourth-order valence-electron chi connectivity index (χ4n) is 5.38. The van der Waals surface area contributed by atoms with Crippen molar-refractivity contribution < 1.29 is 38.0 Å². The van der Waals surface area contributed by atoms with E-state index in [4.69, 9.17) is 28.4 Å². The van der Waals surface area contributed by atoms with Crippen LogP contribution in [0.3, 0.4) is 0 Å².